The van der Waals surface area contributed by atoms with E-state index in [1.165, 1.54) is 0 Å². The Bertz CT molecular complexity index is 1040. The third kappa shape index (κ3) is 7.31. The highest BCUT2D eigenvalue weighted by molar-refractivity contribution is 9.10. The maximum atomic E-state index is 12.4. The quantitative estimate of drug-likeness (QED) is 0.357. The minimum Gasteiger partial charge on any atom is -0.489 e. The summed E-state index contributed by atoms with van der Waals surface area (Å²) in [4.78, 5) is 14.8. The van der Waals surface area contributed by atoms with Gasteiger partial charge in [0, 0.05) is 35.2 Å². The zero-order valence-corrected chi connectivity index (χ0v) is 21.4. The van der Waals surface area contributed by atoms with E-state index in [2.05, 4.69) is 50.4 Å². The zero-order chi connectivity index (χ0) is 22.9. The van der Waals surface area contributed by atoms with Crippen molar-refractivity contribution in [2.45, 2.75) is 13.0 Å². The average molecular weight is 546 g/mol. The molecule has 34 heavy (non-hydrogen) atoms. The molecule has 3 aromatic carbocycles. The van der Waals surface area contributed by atoms with Crippen molar-refractivity contribution in [3.05, 3.63) is 88.4 Å². The molecule has 0 atom stereocenters. The van der Waals surface area contributed by atoms with Crippen LogP contribution in [0.1, 0.15) is 22.3 Å². The lowest BCUT2D eigenvalue weighted by Gasteiger charge is -2.26. The van der Waals surface area contributed by atoms with Crippen LogP contribution in [0.5, 0.6) is 5.75 Å². The number of nitrogens with zero attached hydrogens (tertiary/aromatic N) is 1. The monoisotopic (exact) mass is 544 g/mol. The number of carbonyl (C=O) groups excluding carboxylic acids is 1. The Morgan fingerprint density at radius 2 is 1.71 bits per heavy atom. The highest BCUT2D eigenvalue weighted by atomic mass is 79.9. The average Bonchev–Trinajstić information content (AvgIpc) is 2.87. The molecule has 7 heteroatoms. The van der Waals surface area contributed by atoms with Gasteiger partial charge in [0.05, 0.1) is 13.2 Å². The van der Waals surface area contributed by atoms with Crippen molar-refractivity contribution in [3.63, 3.8) is 0 Å². The van der Waals surface area contributed by atoms with Gasteiger partial charge in [-0.3, -0.25) is 9.69 Å². The standard InChI is InChI=1S/C27H29BrN2O3.ClH/c28-26-23(8-4-9-25(26)21-6-2-1-3-7-21)20-33-24-12-10-22(11-13-24)27(31)29-14-5-15-30-16-18-32-19-17-30;/h1-4,6-13H,5,14-20H2,(H,29,31);1H. The summed E-state index contributed by atoms with van der Waals surface area (Å²) in [7, 11) is 0. The van der Waals surface area contributed by atoms with E-state index >= 15 is 0 Å². The third-order valence-corrected chi connectivity index (χ3v) is 6.65. The normalized spacial score (nSPS) is 13.7. The fraction of sp³-hybridized carbons (Fsp3) is 0.296. The molecule has 0 aliphatic carbocycles. The minimum absolute atomic E-state index is 0. The van der Waals surface area contributed by atoms with Crippen LogP contribution in [0.15, 0.2) is 77.3 Å². The Kier molecular flexibility index (Phi) is 10.4. The van der Waals surface area contributed by atoms with E-state index in [0.29, 0.717) is 18.7 Å². The fourth-order valence-corrected chi connectivity index (χ4v) is 4.43. The van der Waals surface area contributed by atoms with Crippen molar-refractivity contribution in [2.75, 3.05) is 39.4 Å². The summed E-state index contributed by atoms with van der Waals surface area (Å²) in [6.07, 6.45) is 0.934. The number of hydrogen-bond acceptors (Lipinski definition) is 4. The molecule has 1 saturated heterocycles. The smallest absolute Gasteiger partial charge is 0.251 e. The Balaban J connectivity index is 0.00000324. The summed E-state index contributed by atoms with van der Waals surface area (Å²) in [6.45, 7) is 5.64. The highest BCUT2D eigenvalue weighted by Crippen LogP contribution is 2.31. The van der Waals surface area contributed by atoms with Crippen LogP contribution in [-0.4, -0.2) is 50.2 Å². The SMILES string of the molecule is Cl.O=C(NCCCN1CCOCC1)c1ccc(OCc2cccc(-c3ccccc3)c2Br)cc1. The largest absolute Gasteiger partial charge is 0.489 e. The van der Waals surface area contributed by atoms with Crippen molar-refractivity contribution in [1.82, 2.24) is 10.2 Å². The van der Waals surface area contributed by atoms with Crippen LogP contribution in [0.3, 0.4) is 0 Å². The van der Waals surface area contributed by atoms with Gasteiger partial charge in [-0.15, -0.1) is 12.4 Å². The predicted molar refractivity (Wildman–Crippen MR) is 142 cm³/mol. The van der Waals surface area contributed by atoms with E-state index in [1.54, 1.807) is 0 Å². The molecular weight excluding hydrogens is 516 g/mol. The summed E-state index contributed by atoms with van der Waals surface area (Å²) < 4.78 is 12.4. The Labute approximate surface area is 216 Å². The van der Waals surface area contributed by atoms with Gasteiger partial charge in [0.15, 0.2) is 0 Å². The van der Waals surface area contributed by atoms with Crippen molar-refractivity contribution in [2.24, 2.45) is 0 Å². The van der Waals surface area contributed by atoms with E-state index in [4.69, 9.17) is 9.47 Å². The molecule has 1 N–H and O–H groups in total. The van der Waals surface area contributed by atoms with Crippen molar-refractivity contribution < 1.29 is 14.3 Å². The van der Waals surface area contributed by atoms with E-state index in [1.807, 2.05) is 48.5 Å². The van der Waals surface area contributed by atoms with Crippen molar-refractivity contribution in [1.29, 1.82) is 0 Å². The summed E-state index contributed by atoms with van der Waals surface area (Å²) >= 11 is 3.74. The van der Waals surface area contributed by atoms with Gasteiger partial charge in [0.1, 0.15) is 12.4 Å². The fourth-order valence-electron chi connectivity index (χ4n) is 3.83. The van der Waals surface area contributed by atoms with E-state index in [0.717, 1.165) is 66.2 Å². The second-order valence-electron chi connectivity index (χ2n) is 8.02. The molecular formula is C27H30BrClN2O3. The molecule has 1 aliphatic heterocycles. The summed E-state index contributed by atoms with van der Waals surface area (Å²) in [5.74, 6) is 0.678. The zero-order valence-electron chi connectivity index (χ0n) is 19.0. The third-order valence-electron chi connectivity index (χ3n) is 5.71. The lowest BCUT2D eigenvalue weighted by molar-refractivity contribution is 0.0374. The summed E-state index contributed by atoms with van der Waals surface area (Å²) in [5, 5.41) is 3.00. The first-order valence-corrected chi connectivity index (χ1v) is 12.1. The van der Waals surface area contributed by atoms with Gasteiger partial charge in [0.2, 0.25) is 0 Å². The Hall–Kier alpha value is -2.38. The number of carbonyl (C=O) groups is 1. The molecule has 0 spiro atoms. The maximum Gasteiger partial charge on any atom is 0.251 e. The molecule has 3 aromatic rings. The van der Waals surface area contributed by atoms with Crippen LogP contribution in [0.25, 0.3) is 11.1 Å². The molecule has 0 bridgehead atoms. The number of ether oxygens (including phenoxy) is 2. The number of morpholine rings is 1. The van der Waals surface area contributed by atoms with E-state index < -0.39 is 0 Å². The van der Waals surface area contributed by atoms with Gasteiger partial charge >= 0.3 is 0 Å². The van der Waals surface area contributed by atoms with Crippen molar-refractivity contribution >= 4 is 34.2 Å². The Morgan fingerprint density at radius 3 is 2.44 bits per heavy atom. The molecule has 180 valence electrons. The predicted octanol–water partition coefficient (Wildman–Crippen LogP) is 5.57. The Morgan fingerprint density at radius 1 is 0.971 bits per heavy atom. The number of benzene rings is 3. The molecule has 0 unspecified atom stereocenters. The lowest BCUT2D eigenvalue weighted by Crippen LogP contribution is -2.38. The van der Waals surface area contributed by atoms with E-state index in [9.17, 15) is 4.79 Å². The van der Waals surface area contributed by atoms with Crippen molar-refractivity contribution in [3.8, 4) is 16.9 Å². The second-order valence-corrected chi connectivity index (χ2v) is 8.81. The topological polar surface area (TPSA) is 50.8 Å². The summed E-state index contributed by atoms with van der Waals surface area (Å²) in [6, 6.07) is 23.8. The number of halogens is 2. The van der Waals surface area contributed by atoms with Crippen LogP contribution in [0, 0.1) is 0 Å². The van der Waals surface area contributed by atoms with Crippen LogP contribution in [-0.2, 0) is 11.3 Å². The number of amides is 1. The van der Waals surface area contributed by atoms with Crippen LogP contribution in [0.4, 0.5) is 0 Å². The van der Waals surface area contributed by atoms with Gasteiger partial charge < -0.3 is 14.8 Å². The van der Waals surface area contributed by atoms with E-state index in [-0.39, 0.29) is 18.3 Å². The molecule has 1 amide bonds. The molecule has 4 rings (SSSR count). The van der Waals surface area contributed by atoms with Gasteiger partial charge in [-0.1, -0.05) is 48.5 Å². The molecule has 0 radical (unpaired) electrons. The molecule has 1 heterocycles. The molecule has 1 aliphatic rings. The van der Waals surface area contributed by atoms with Gasteiger partial charge in [-0.25, -0.2) is 0 Å². The maximum absolute atomic E-state index is 12.4. The molecule has 0 saturated carbocycles. The molecule has 1 fully saturated rings. The minimum atomic E-state index is -0.0539. The second kappa shape index (κ2) is 13.5. The highest BCUT2D eigenvalue weighted by Gasteiger charge is 2.11. The van der Waals surface area contributed by atoms with Gasteiger partial charge in [0.25, 0.3) is 5.91 Å². The number of nitrogens with one attached hydrogen (secondary N) is 1. The van der Waals surface area contributed by atoms with Crippen LogP contribution < -0.4 is 10.1 Å². The number of hydrogen-bond donors (Lipinski definition) is 1. The molecule has 0 aromatic heterocycles. The summed E-state index contributed by atoms with van der Waals surface area (Å²) in [5.41, 5.74) is 4.00. The first-order chi connectivity index (χ1) is 16.2. The number of rotatable bonds is 9. The van der Waals surface area contributed by atoms with Crippen LogP contribution >= 0.6 is 28.3 Å². The van der Waals surface area contributed by atoms with Gasteiger partial charge in [-0.2, -0.15) is 0 Å². The molecule has 5 nitrogen and oxygen atoms in total. The van der Waals surface area contributed by atoms with Crippen LogP contribution in [0.2, 0.25) is 0 Å². The first-order valence-electron chi connectivity index (χ1n) is 11.3. The first kappa shape index (κ1) is 26.2. The lowest BCUT2D eigenvalue weighted by atomic mass is 10.0. The van der Waals surface area contributed by atoms with Gasteiger partial charge in [-0.05, 0) is 64.3 Å².